The first-order valence-corrected chi connectivity index (χ1v) is 8.70. The molecule has 8 heteroatoms. The summed E-state index contributed by atoms with van der Waals surface area (Å²) in [4.78, 5) is 1.33. The quantitative estimate of drug-likeness (QED) is 0.716. The van der Waals surface area contributed by atoms with Gasteiger partial charge in [0.1, 0.15) is 5.75 Å². The summed E-state index contributed by atoms with van der Waals surface area (Å²) < 4.78 is 55.7. The van der Waals surface area contributed by atoms with Gasteiger partial charge < -0.3 is 14.0 Å². The van der Waals surface area contributed by atoms with Gasteiger partial charge >= 0.3 is 13.3 Å². The van der Waals surface area contributed by atoms with Crippen LogP contribution in [0.15, 0.2) is 18.2 Å². The van der Waals surface area contributed by atoms with Crippen LogP contribution in [0.1, 0.15) is 40.2 Å². The molecule has 1 aromatic carbocycles. The molecular weight excluding hydrogens is 346 g/mol. The minimum atomic E-state index is -4.24. The van der Waals surface area contributed by atoms with Crippen molar-refractivity contribution >= 4 is 12.6 Å². The minimum Gasteiger partial charge on any atom is -0.496 e. The fraction of sp³-hybridized carbons (Fsp3) is 0.667. The first-order chi connectivity index (χ1) is 11.9. The smallest absolute Gasteiger partial charge is 0.494 e. The van der Waals surface area contributed by atoms with Gasteiger partial charge in [0.2, 0.25) is 0 Å². The van der Waals surface area contributed by atoms with Crippen molar-refractivity contribution in [3.05, 3.63) is 23.8 Å². The molecule has 1 fully saturated rings. The fourth-order valence-electron chi connectivity index (χ4n) is 2.82. The molecule has 26 heavy (non-hydrogen) atoms. The van der Waals surface area contributed by atoms with E-state index in [0.717, 1.165) is 5.46 Å². The molecule has 1 heterocycles. The lowest BCUT2D eigenvalue weighted by Crippen LogP contribution is -2.41. The Bertz CT molecular complexity index is 619. The van der Waals surface area contributed by atoms with E-state index in [-0.39, 0.29) is 13.1 Å². The van der Waals surface area contributed by atoms with Crippen LogP contribution in [0.2, 0.25) is 0 Å². The summed E-state index contributed by atoms with van der Waals surface area (Å²) in [5.74, 6) is 0.547. The predicted octanol–water partition coefficient (Wildman–Crippen LogP) is 3.38. The molecule has 1 aromatic rings. The van der Waals surface area contributed by atoms with Crippen molar-refractivity contribution in [1.29, 1.82) is 0 Å². The Hall–Kier alpha value is -1.25. The molecule has 146 valence electrons. The summed E-state index contributed by atoms with van der Waals surface area (Å²) in [6.45, 7) is 8.98. The van der Waals surface area contributed by atoms with Crippen LogP contribution in [0.25, 0.3) is 0 Å². The first kappa shape index (κ1) is 21.1. The maximum Gasteiger partial charge on any atom is 0.494 e. The van der Waals surface area contributed by atoms with Crippen LogP contribution >= 0.6 is 0 Å². The van der Waals surface area contributed by atoms with Crippen LogP contribution in [-0.2, 0) is 15.9 Å². The van der Waals surface area contributed by atoms with E-state index in [2.05, 4.69) is 0 Å². The van der Waals surface area contributed by atoms with E-state index in [1.807, 2.05) is 33.8 Å². The Kier molecular flexibility index (Phi) is 6.00. The third-order valence-electron chi connectivity index (χ3n) is 5.07. The standard InChI is InChI=1S/C18H27BF3NO3/c1-7-23(12-18(20,21)22)11-13-10-14(8-9-15(13)24-6)19-25-16(2,3)17(4,5)26-19/h8-10H,7,11-12H2,1-6H3. The molecule has 1 saturated heterocycles. The van der Waals surface area contributed by atoms with Gasteiger partial charge in [-0.2, -0.15) is 13.2 Å². The Morgan fingerprint density at radius 3 is 2.15 bits per heavy atom. The highest BCUT2D eigenvalue weighted by atomic mass is 19.4. The number of ether oxygens (including phenoxy) is 1. The second-order valence-corrected chi connectivity index (χ2v) is 7.58. The molecule has 0 radical (unpaired) electrons. The van der Waals surface area contributed by atoms with Gasteiger partial charge in [0.25, 0.3) is 0 Å². The maximum absolute atomic E-state index is 12.8. The molecule has 1 aliphatic rings. The van der Waals surface area contributed by atoms with Crippen molar-refractivity contribution < 1.29 is 27.2 Å². The molecule has 0 atom stereocenters. The number of halogens is 3. The lowest BCUT2D eigenvalue weighted by atomic mass is 9.78. The summed E-state index contributed by atoms with van der Waals surface area (Å²) in [7, 11) is 0.940. The SMILES string of the molecule is CCN(Cc1cc(B2OC(C)(C)C(C)(C)O2)ccc1OC)CC(F)(F)F. The third kappa shape index (κ3) is 4.72. The highest BCUT2D eigenvalue weighted by molar-refractivity contribution is 6.62. The van der Waals surface area contributed by atoms with Crippen LogP contribution < -0.4 is 10.2 Å². The van der Waals surface area contributed by atoms with Crippen LogP contribution in [0.5, 0.6) is 5.75 Å². The number of hydrogen-bond acceptors (Lipinski definition) is 4. The van der Waals surface area contributed by atoms with Crippen LogP contribution in [0.4, 0.5) is 13.2 Å². The second kappa shape index (κ2) is 7.41. The van der Waals surface area contributed by atoms with Gasteiger partial charge in [0, 0.05) is 12.1 Å². The molecule has 4 nitrogen and oxygen atoms in total. The van der Waals surface area contributed by atoms with E-state index >= 15 is 0 Å². The number of hydrogen-bond donors (Lipinski definition) is 0. The van der Waals surface area contributed by atoms with Crippen molar-refractivity contribution in [1.82, 2.24) is 4.90 Å². The van der Waals surface area contributed by atoms with E-state index in [9.17, 15) is 13.2 Å². The fourth-order valence-corrected chi connectivity index (χ4v) is 2.82. The molecule has 0 aromatic heterocycles. The summed E-state index contributed by atoms with van der Waals surface area (Å²) in [6, 6.07) is 5.38. The zero-order chi connectivity index (χ0) is 19.8. The van der Waals surface area contributed by atoms with Crippen molar-refractivity contribution in [2.75, 3.05) is 20.2 Å². The van der Waals surface area contributed by atoms with E-state index in [0.29, 0.717) is 11.3 Å². The predicted molar refractivity (Wildman–Crippen MR) is 95.7 cm³/mol. The summed E-state index contributed by atoms with van der Waals surface area (Å²) in [6.07, 6.45) is -4.24. The van der Waals surface area contributed by atoms with Crippen molar-refractivity contribution in [3.63, 3.8) is 0 Å². The highest BCUT2D eigenvalue weighted by Crippen LogP contribution is 2.36. The van der Waals surface area contributed by atoms with E-state index in [4.69, 9.17) is 14.0 Å². The summed E-state index contributed by atoms with van der Waals surface area (Å²) in [5.41, 5.74) is 0.473. The Morgan fingerprint density at radius 1 is 1.12 bits per heavy atom. The summed E-state index contributed by atoms with van der Waals surface area (Å²) >= 11 is 0. The number of alkyl halides is 3. The minimum absolute atomic E-state index is 0.131. The van der Waals surface area contributed by atoms with E-state index in [1.54, 1.807) is 19.1 Å². The third-order valence-corrected chi connectivity index (χ3v) is 5.07. The average Bonchev–Trinajstić information content (AvgIpc) is 2.73. The van der Waals surface area contributed by atoms with Gasteiger partial charge in [0.05, 0.1) is 24.9 Å². The van der Waals surface area contributed by atoms with Gasteiger partial charge in [-0.1, -0.05) is 19.1 Å². The van der Waals surface area contributed by atoms with Gasteiger partial charge in [-0.05, 0) is 45.8 Å². The Morgan fingerprint density at radius 2 is 1.69 bits per heavy atom. The monoisotopic (exact) mass is 373 g/mol. The molecule has 0 unspecified atom stereocenters. The maximum atomic E-state index is 12.8. The van der Waals surface area contributed by atoms with Crippen molar-refractivity contribution in [2.24, 2.45) is 0 Å². The van der Waals surface area contributed by atoms with Crippen molar-refractivity contribution in [2.45, 2.75) is 58.5 Å². The van der Waals surface area contributed by atoms with E-state index < -0.39 is 31.0 Å². The van der Waals surface area contributed by atoms with E-state index in [1.165, 1.54) is 12.0 Å². The largest absolute Gasteiger partial charge is 0.496 e. The Balaban J connectivity index is 2.26. The van der Waals surface area contributed by atoms with Crippen LogP contribution in [0, 0.1) is 0 Å². The average molecular weight is 373 g/mol. The molecule has 1 aliphatic heterocycles. The van der Waals surface area contributed by atoms with Gasteiger partial charge in [-0.15, -0.1) is 0 Å². The molecule has 0 amide bonds. The second-order valence-electron chi connectivity index (χ2n) is 7.58. The molecule has 0 spiro atoms. The van der Waals surface area contributed by atoms with Crippen LogP contribution in [0.3, 0.4) is 0 Å². The number of methoxy groups -OCH3 is 1. The van der Waals surface area contributed by atoms with Crippen LogP contribution in [-0.4, -0.2) is 49.6 Å². The Labute approximate surface area is 153 Å². The highest BCUT2D eigenvalue weighted by Gasteiger charge is 2.51. The zero-order valence-corrected chi connectivity index (χ0v) is 16.2. The molecule has 0 aliphatic carbocycles. The summed E-state index contributed by atoms with van der Waals surface area (Å²) in [5, 5.41) is 0. The lowest BCUT2D eigenvalue weighted by molar-refractivity contribution is -0.146. The number of rotatable bonds is 6. The lowest BCUT2D eigenvalue weighted by Gasteiger charge is -2.32. The van der Waals surface area contributed by atoms with Crippen molar-refractivity contribution in [3.8, 4) is 5.75 Å². The molecular formula is C18H27BF3NO3. The molecule has 0 N–H and O–H groups in total. The number of nitrogens with zero attached hydrogens (tertiary/aromatic N) is 1. The van der Waals surface area contributed by atoms with Gasteiger partial charge in [0.15, 0.2) is 0 Å². The van der Waals surface area contributed by atoms with Gasteiger partial charge in [-0.25, -0.2) is 0 Å². The molecule has 0 bridgehead atoms. The zero-order valence-electron chi connectivity index (χ0n) is 16.2. The molecule has 2 rings (SSSR count). The normalized spacial score (nSPS) is 19.2. The number of benzene rings is 1. The topological polar surface area (TPSA) is 30.9 Å². The molecule has 0 saturated carbocycles. The first-order valence-electron chi connectivity index (χ1n) is 8.70. The van der Waals surface area contributed by atoms with Gasteiger partial charge in [-0.3, -0.25) is 4.90 Å².